The average Bonchev–Trinajstić information content (AvgIpc) is 2.56. The maximum atomic E-state index is 10.6. The summed E-state index contributed by atoms with van der Waals surface area (Å²) in [5.74, 6) is 0.912. The van der Waals surface area contributed by atoms with Gasteiger partial charge in [0, 0.05) is 0 Å². The van der Waals surface area contributed by atoms with Crippen LogP contribution in [-0.2, 0) is 10.3 Å². The number of hydrogen-bond acceptors (Lipinski definition) is 4. The SMILES string of the molecule is CC1(C)Oc2cc(C3(N=C=O)CCC3)ccc2S1. The van der Waals surface area contributed by atoms with Crippen molar-refractivity contribution in [2.45, 2.75) is 48.5 Å². The van der Waals surface area contributed by atoms with Crippen LogP contribution in [0.2, 0.25) is 0 Å². The number of isocyanates is 1. The molecule has 0 saturated heterocycles. The van der Waals surface area contributed by atoms with Gasteiger partial charge in [0.2, 0.25) is 6.08 Å². The molecule has 0 N–H and O–H groups in total. The number of nitrogens with zero attached hydrogens (tertiary/aromatic N) is 1. The van der Waals surface area contributed by atoms with Gasteiger partial charge in [-0.05, 0) is 50.8 Å². The lowest BCUT2D eigenvalue weighted by molar-refractivity contribution is 0.212. The summed E-state index contributed by atoms with van der Waals surface area (Å²) in [7, 11) is 0. The van der Waals surface area contributed by atoms with Crippen LogP contribution in [0.1, 0.15) is 38.7 Å². The van der Waals surface area contributed by atoms with Crippen molar-refractivity contribution in [2.24, 2.45) is 4.99 Å². The van der Waals surface area contributed by atoms with Crippen LogP contribution in [0.5, 0.6) is 5.75 Å². The van der Waals surface area contributed by atoms with E-state index in [4.69, 9.17) is 4.74 Å². The molecular formula is C14H15NO2S. The molecule has 0 atom stereocenters. The molecule has 3 nitrogen and oxygen atoms in total. The Bertz CT molecular complexity index is 543. The third kappa shape index (κ3) is 1.76. The molecule has 1 aliphatic carbocycles. The van der Waals surface area contributed by atoms with Gasteiger partial charge in [-0.25, -0.2) is 4.79 Å². The molecule has 2 aliphatic rings. The summed E-state index contributed by atoms with van der Waals surface area (Å²) in [5.41, 5.74) is 0.742. The molecule has 0 unspecified atom stereocenters. The van der Waals surface area contributed by atoms with Crippen LogP contribution < -0.4 is 4.74 Å². The summed E-state index contributed by atoms with van der Waals surface area (Å²) >= 11 is 1.72. The number of thioether (sulfide) groups is 1. The van der Waals surface area contributed by atoms with Gasteiger partial charge in [-0.1, -0.05) is 17.8 Å². The standard InChI is InChI=1S/C14H15NO2S/c1-13(2)17-11-8-10(4-5-12(11)18-13)14(15-9-16)6-3-7-14/h4-5,8H,3,6-7H2,1-2H3. The Morgan fingerprint density at radius 2 is 2.17 bits per heavy atom. The minimum absolute atomic E-state index is 0.207. The zero-order valence-corrected chi connectivity index (χ0v) is 11.3. The molecule has 1 aromatic carbocycles. The molecule has 0 spiro atoms. The third-order valence-electron chi connectivity index (χ3n) is 3.63. The predicted molar refractivity (Wildman–Crippen MR) is 70.7 cm³/mol. The smallest absolute Gasteiger partial charge is 0.235 e. The van der Waals surface area contributed by atoms with Crippen molar-refractivity contribution in [3.63, 3.8) is 0 Å². The van der Waals surface area contributed by atoms with Crippen molar-refractivity contribution in [2.75, 3.05) is 0 Å². The highest BCUT2D eigenvalue weighted by atomic mass is 32.2. The highest BCUT2D eigenvalue weighted by molar-refractivity contribution is 8.00. The van der Waals surface area contributed by atoms with Gasteiger partial charge < -0.3 is 4.74 Å². The first-order valence-electron chi connectivity index (χ1n) is 6.16. The molecule has 1 heterocycles. The van der Waals surface area contributed by atoms with Gasteiger partial charge in [0.05, 0.1) is 10.4 Å². The Balaban J connectivity index is 1.99. The molecule has 0 radical (unpaired) electrons. The number of rotatable bonds is 2. The van der Waals surface area contributed by atoms with E-state index in [-0.39, 0.29) is 10.5 Å². The molecule has 0 amide bonds. The fourth-order valence-electron chi connectivity index (χ4n) is 2.58. The molecule has 1 aliphatic heterocycles. The topological polar surface area (TPSA) is 38.7 Å². The quantitative estimate of drug-likeness (QED) is 0.603. The van der Waals surface area contributed by atoms with Crippen LogP contribution in [0.25, 0.3) is 0 Å². The number of ether oxygens (including phenoxy) is 1. The number of benzene rings is 1. The highest BCUT2D eigenvalue weighted by Gasteiger charge is 2.40. The molecule has 1 saturated carbocycles. The molecular weight excluding hydrogens is 246 g/mol. The minimum atomic E-state index is -0.336. The third-order valence-corrected chi connectivity index (χ3v) is 4.77. The van der Waals surface area contributed by atoms with E-state index in [0.717, 1.165) is 35.5 Å². The Morgan fingerprint density at radius 3 is 2.78 bits per heavy atom. The Morgan fingerprint density at radius 1 is 1.39 bits per heavy atom. The first kappa shape index (κ1) is 11.8. The fourth-order valence-corrected chi connectivity index (χ4v) is 3.57. The normalized spacial score (nSPS) is 22.3. The lowest BCUT2D eigenvalue weighted by atomic mass is 9.72. The number of hydrogen-bond donors (Lipinski definition) is 0. The van der Waals surface area contributed by atoms with E-state index in [1.807, 2.05) is 6.07 Å². The zero-order chi connectivity index (χ0) is 12.8. The van der Waals surface area contributed by atoms with E-state index < -0.39 is 0 Å². The summed E-state index contributed by atoms with van der Waals surface area (Å²) in [6.07, 6.45) is 4.69. The molecule has 3 rings (SSSR count). The second-order valence-electron chi connectivity index (χ2n) is 5.35. The first-order valence-corrected chi connectivity index (χ1v) is 6.98. The molecule has 0 aromatic heterocycles. The van der Waals surface area contributed by atoms with Crippen LogP contribution >= 0.6 is 11.8 Å². The van der Waals surface area contributed by atoms with E-state index in [1.54, 1.807) is 17.8 Å². The molecule has 1 fully saturated rings. The summed E-state index contributed by atoms with van der Waals surface area (Å²) in [5, 5.41) is 0. The molecule has 94 valence electrons. The molecule has 0 bridgehead atoms. The largest absolute Gasteiger partial charge is 0.476 e. The van der Waals surface area contributed by atoms with Gasteiger partial charge in [-0.2, -0.15) is 4.99 Å². The number of carbonyl (C=O) groups excluding carboxylic acids is 1. The lowest BCUT2D eigenvalue weighted by Gasteiger charge is -2.37. The first-order chi connectivity index (χ1) is 8.55. The average molecular weight is 261 g/mol. The van der Waals surface area contributed by atoms with Gasteiger partial charge in [0.25, 0.3) is 0 Å². The van der Waals surface area contributed by atoms with E-state index in [0.29, 0.717) is 0 Å². The van der Waals surface area contributed by atoms with E-state index in [9.17, 15) is 4.79 Å². The van der Waals surface area contributed by atoms with Crippen molar-refractivity contribution in [1.29, 1.82) is 0 Å². The van der Waals surface area contributed by atoms with Crippen LogP contribution in [0.4, 0.5) is 0 Å². The minimum Gasteiger partial charge on any atom is -0.476 e. The second-order valence-corrected chi connectivity index (χ2v) is 6.98. The van der Waals surface area contributed by atoms with Crippen LogP contribution in [0, 0.1) is 0 Å². The monoisotopic (exact) mass is 261 g/mol. The zero-order valence-electron chi connectivity index (χ0n) is 10.5. The fraction of sp³-hybridized carbons (Fsp3) is 0.500. The second kappa shape index (κ2) is 3.87. The Hall–Kier alpha value is -1.25. The van der Waals surface area contributed by atoms with Crippen molar-refractivity contribution in [3.8, 4) is 5.75 Å². The maximum Gasteiger partial charge on any atom is 0.235 e. The summed E-state index contributed by atoms with van der Waals surface area (Å²) < 4.78 is 5.90. The van der Waals surface area contributed by atoms with E-state index >= 15 is 0 Å². The lowest BCUT2D eigenvalue weighted by Crippen LogP contribution is -2.31. The molecule has 18 heavy (non-hydrogen) atoms. The van der Waals surface area contributed by atoms with Gasteiger partial charge in [-0.3, -0.25) is 0 Å². The van der Waals surface area contributed by atoms with Gasteiger partial charge >= 0.3 is 0 Å². The van der Waals surface area contributed by atoms with Crippen molar-refractivity contribution in [1.82, 2.24) is 0 Å². The number of aliphatic imine (C=N–C) groups is 1. The Labute approximate surface area is 111 Å². The van der Waals surface area contributed by atoms with Crippen LogP contribution in [0.3, 0.4) is 0 Å². The van der Waals surface area contributed by atoms with Gasteiger partial charge in [0.15, 0.2) is 4.93 Å². The van der Waals surface area contributed by atoms with Crippen molar-refractivity contribution < 1.29 is 9.53 Å². The van der Waals surface area contributed by atoms with E-state index in [1.165, 1.54) is 0 Å². The highest BCUT2D eigenvalue weighted by Crippen LogP contribution is 2.51. The van der Waals surface area contributed by atoms with Crippen molar-refractivity contribution >= 4 is 17.8 Å². The summed E-state index contributed by atoms with van der Waals surface area (Å²) in [6, 6.07) is 6.18. The van der Waals surface area contributed by atoms with Crippen LogP contribution in [-0.4, -0.2) is 11.0 Å². The van der Waals surface area contributed by atoms with Crippen LogP contribution in [0.15, 0.2) is 28.1 Å². The van der Waals surface area contributed by atoms with Gasteiger partial charge in [-0.15, -0.1) is 0 Å². The molecule has 4 heteroatoms. The van der Waals surface area contributed by atoms with Gasteiger partial charge in [0.1, 0.15) is 5.75 Å². The predicted octanol–water partition coefficient (Wildman–Crippen LogP) is 3.62. The molecule has 1 aromatic rings. The maximum absolute atomic E-state index is 10.6. The van der Waals surface area contributed by atoms with Crippen molar-refractivity contribution in [3.05, 3.63) is 23.8 Å². The summed E-state index contributed by atoms with van der Waals surface area (Å²) in [4.78, 5) is 15.6. The Kier molecular flexibility index (Phi) is 2.54. The summed E-state index contributed by atoms with van der Waals surface area (Å²) in [6.45, 7) is 4.11. The number of fused-ring (bicyclic) bond motifs is 1. The van der Waals surface area contributed by atoms with E-state index in [2.05, 4.69) is 31.0 Å².